The van der Waals surface area contributed by atoms with Gasteiger partial charge in [0.15, 0.2) is 0 Å². The number of likely N-dealkylation sites (N-methyl/N-ethyl adjacent to an activating group) is 2. The van der Waals surface area contributed by atoms with E-state index in [0.717, 1.165) is 32.2 Å². The lowest BCUT2D eigenvalue weighted by molar-refractivity contribution is 0.115. The van der Waals surface area contributed by atoms with E-state index in [4.69, 9.17) is 4.98 Å². The third kappa shape index (κ3) is 2.91. The second kappa shape index (κ2) is 5.25. The predicted octanol–water partition coefficient (Wildman–Crippen LogP) is 1.31. The molecule has 1 saturated carbocycles. The summed E-state index contributed by atoms with van der Waals surface area (Å²) in [6.07, 6.45) is 2.68. The molecule has 2 heterocycles. The van der Waals surface area contributed by atoms with E-state index in [1.54, 1.807) is 0 Å². The third-order valence-electron chi connectivity index (χ3n) is 3.85. The molecule has 5 heteroatoms. The van der Waals surface area contributed by atoms with Crippen LogP contribution >= 0.6 is 11.3 Å². The largest absolute Gasteiger partial charge is 0.308 e. The van der Waals surface area contributed by atoms with Gasteiger partial charge in [0.2, 0.25) is 0 Å². The monoisotopic (exact) mass is 266 g/mol. The average molecular weight is 266 g/mol. The maximum atomic E-state index is 4.81. The van der Waals surface area contributed by atoms with Crippen molar-refractivity contribution in [2.45, 2.75) is 31.5 Å². The first-order valence-electron chi connectivity index (χ1n) is 6.79. The summed E-state index contributed by atoms with van der Waals surface area (Å²) in [6.45, 7) is 4.33. The number of aromatic nitrogens is 1. The zero-order valence-corrected chi connectivity index (χ0v) is 12.0. The first-order valence-corrected chi connectivity index (χ1v) is 7.67. The summed E-state index contributed by atoms with van der Waals surface area (Å²) in [5, 5.41) is 7.02. The van der Waals surface area contributed by atoms with Gasteiger partial charge in [0, 0.05) is 37.6 Å². The van der Waals surface area contributed by atoms with Crippen LogP contribution in [-0.2, 0) is 6.54 Å². The fourth-order valence-electron chi connectivity index (χ4n) is 2.37. The Kier molecular flexibility index (Phi) is 3.66. The quantitative estimate of drug-likeness (QED) is 0.890. The van der Waals surface area contributed by atoms with Crippen LogP contribution < -0.4 is 5.32 Å². The second-order valence-electron chi connectivity index (χ2n) is 5.59. The van der Waals surface area contributed by atoms with E-state index in [1.165, 1.54) is 23.5 Å². The highest BCUT2D eigenvalue weighted by atomic mass is 32.1. The molecular formula is C13H22N4S. The smallest absolute Gasteiger partial charge is 0.111 e. The highest BCUT2D eigenvalue weighted by molar-refractivity contribution is 7.09. The molecule has 2 fully saturated rings. The molecule has 0 bridgehead atoms. The molecule has 2 aliphatic rings. The molecule has 0 radical (unpaired) electrons. The van der Waals surface area contributed by atoms with Gasteiger partial charge in [0.05, 0.1) is 11.7 Å². The maximum absolute atomic E-state index is 4.81. The van der Waals surface area contributed by atoms with Gasteiger partial charge in [-0.2, -0.15) is 0 Å². The number of thiazole rings is 1. The molecule has 1 unspecified atom stereocenters. The Morgan fingerprint density at radius 1 is 1.39 bits per heavy atom. The molecule has 1 saturated heterocycles. The molecule has 1 aromatic rings. The zero-order chi connectivity index (χ0) is 12.5. The first kappa shape index (κ1) is 12.5. The van der Waals surface area contributed by atoms with Crippen molar-refractivity contribution in [1.29, 1.82) is 0 Å². The van der Waals surface area contributed by atoms with Crippen LogP contribution in [0.4, 0.5) is 0 Å². The van der Waals surface area contributed by atoms with Crippen LogP contribution in [0.25, 0.3) is 0 Å². The summed E-state index contributed by atoms with van der Waals surface area (Å²) < 4.78 is 0. The Morgan fingerprint density at radius 3 is 3.00 bits per heavy atom. The van der Waals surface area contributed by atoms with E-state index in [1.807, 2.05) is 11.3 Å². The minimum atomic E-state index is 0.475. The molecule has 1 aromatic heterocycles. The highest BCUT2D eigenvalue weighted by Gasteiger charge is 2.26. The van der Waals surface area contributed by atoms with Gasteiger partial charge in [0.25, 0.3) is 0 Å². The first-order chi connectivity index (χ1) is 8.72. The van der Waals surface area contributed by atoms with E-state index in [2.05, 4.69) is 34.6 Å². The van der Waals surface area contributed by atoms with Crippen molar-refractivity contribution in [1.82, 2.24) is 20.1 Å². The molecule has 1 aliphatic heterocycles. The molecule has 4 nitrogen and oxygen atoms in total. The molecular weight excluding hydrogens is 244 g/mol. The van der Waals surface area contributed by atoms with E-state index in [9.17, 15) is 0 Å². The Morgan fingerprint density at radius 2 is 2.22 bits per heavy atom. The number of nitrogens with zero attached hydrogens (tertiary/aromatic N) is 3. The summed E-state index contributed by atoms with van der Waals surface area (Å²) in [5.74, 6) is 0. The Balaban J connectivity index is 1.63. The van der Waals surface area contributed by atoms with Crippen LogP contribution in [0, 0.1) is 0 Å². The minimum Gasteiger partial charge on any atom is -0.308 e. The lowest BCUT2D eigenvalue weighted by Crippen LogP contribution is -2.44. The number of rotatable bonds is 4. The van der Waals surface area contributed by atoms with Gasteiger partial charge in [-0.3, -0.25) is 4.90 Å². The molecule has 0 spiro atoms. The van der Waals surface area contributed by atoms with Gasteiger partial charge in [-0.1, -0.05) is 0 Å². The predicted molar refractivity (Wildman–Crippen MR) is 74.8 cm³/mol. The maximum Gasteiger partial charge on any atom is 0.111 e. The minimum absolute atomic E-state index is 0.475. The van der Waals surface area contributed by atoms with Crippen molar-refractivity contribution < 1.29 is 0 Å². The van der Waals surface area contributed by atoms with Crippen molar-refractivity contribution >= 4 is 11.3 Å². The summed E-state index contributed by atoms with van der Waals surface area (Å²) in [6, 6.07) is 1.24. The summed E-state index contributed by atoms with van der Waals surface area (Å²) in [4.78, 5) is 9.63. The topological polar surface area (TPSA) is 31.4 Å². The standard InChI is InChI=1S/C13H22N4S/c1-16-5-6-17(2)12(8-16)13-15-11(9-18-13)7-14-10-3-4-10/h9-10,12,14H,3-8H2,1-2H3. The van der Waals surface area contributed by atoms with Crippen molar-refractivity contribution in [2.24, 2.45) is 0 Å². The molecule has 1 N–H and O–H groups in total. The number of nitrogens with one attached hydrogen (secondary N) is 1. The Labute approximate surface area is 113 Å². The number of piperazine rings is 1. The normalized spacial score (nSPS) is 26.7. The second-order valence-corrected chi connectivity index (χ2v) is 6.48. The molecule has 1 atom stereocenters. The van der Waals surface area contributed by atoms with E-state index in [-0.39, 0.29) is 0 Å². The Bertz CT molecular complexity index is 401. The van der Waals surface area contributed by atoms with Crippen LogP contribution in [0.1, 0.15) is 29.6 Å². The molecule has 0 amide bonds. The van der Waals surface area contributed by atoms with E-state index < -0.39 is 0 Å². The number of hydrogen-bond acceptors (Lipinski definition) is 5. The van der Waals surface area contributed by atoms with Gasteiger partial charge in [-0.15, -0.1) is 11.3 Å². The molecule has 18 heavy (non-hydrogen) atoms. The lowest BCUT2D eigenvalue weighted by atomic mass is 10.2. The van der Waals surface area contributed by atoms with Crippen LogP contribution in [-0.4, -0.2) is 54.6 Å². The molecule has 100 valence electrons. The Hall–Kier alpha value is -0.490. The third-order valence-corrected chi connectivity index (χ3v) is 4.85. The van der Waals surface area contributed by atoms with Crippen LogP contribution in [0.3, 0.4) is 0 Å². The van der Waals surface area contributed by atoms with Crippen molar-refractivity contribution in [2.75, 3.05) is 33.7 Å². The summed E-state index contributed by atoms with van der Waals surface area (Å²) >= 11 is 1.81. The van der Waals surface area contributed by atoms with Crippen LogP contribution in [0.5, 0.6) is 0 Å². The highest BCUT2D eigenvalue weighted by Crippen LogP contribution is 2.26. The van der Waals surface area contributed by atoms with Crippen LogP contribution in [0.15, 0.2) is 5.38 Å². The van der Waals surface area contributed by atoms with Crippen molar-refractivity contribution in [3.05, 3.63) is 16.1 Å². The summed E-state index contributed by atoms with van der Waals surface area (Å²) in [7, 11) is 4.41. The average Bonchev–Trinajstić information content (AvgIpc) is 3.08. The fraction of sp³-hybridized carbons (Fsp3) is 0.769. The van der Waals surface area contributed by atoms with E-state index >= 15 is 0 Å². The van der Waals surface area contributed by atoms with Gasteiger partial charge in [0.1, 0.15) is 5.01 Å². The summed E-state index contributed by atoms with van der Waals surface area (Å²) in [5.41, 5.74) is 1.21. The van der Waals surface area contributed by atoms with Crippen molar-refractivity contribution in [3.8, 4) is 0 Å². The van der Waals surface area contributed by atoms with Gasteiger partial charge in [-0.05, 0) is 26.9 Å². The van der Waals surface area contributed by atoms with Gasteiger partial charge >= 0.3 is 0 Å². The molecule has 3 rings (SSSR count). The van der Waals surface area contributed by atoms with Gasteiger partial charge < -0.3 is 10.2 Å². The van der Waals surface area contributed by atoms with Crippen LogP contribution in [0.2, 0.25) is 0 Å². The number of hydrogen-bond donors (Lipinski definition) is 1. The zero-order valence-electron chi connectivity index (χ0n) is 11.2. The van der Waals surface area contributed by atoms with Gasteiger partial charge in [-0.25, -0.2) is 4.98 Å². The fourth-order valence-corrected chi connectivity index (χ4v) is 3.34. The van der Waals surface area contributed by atoms with Crippen molar-refractivity contribution in [3.63, 3.8) is 0 Å². The SMILES string of the molecule is CN1CCN(C)C(c2nc(CNC3CC3)cs2)C1. The molecule has 0 aromatic carbocycles. The van der Waals surface area contributed by atoms with E-state index in [0.29, 0.717) is 6.04 Å². The lowest BCUT2D eigenvalue weighted by Gasteiger charge is -2.36. The molecule has 1 aliphatic carbocycles.